The van der Waals surface area contributed by atoms with Crippen LogP contribution < -0.4 is 19.5 Å². The second-order valence-corrected chi connectivity index (χ2v) is 7.97. The average molecular weight is 395 g/mol. The SMILES string of the molecule is COc1cccc(CCC(=O)NCC2(c3ccc4c(c3)OCCO4)CCCC2)c1. The molecule has 1 N–H and O–H groups in total. The number of ether oxygens (including phenoxy) is 3. The molecule has 1 amide bonds. The second-order valence-electron chi connectivity index (χ2n) is 7.97. The summed E-state index contributed by atoms with van der Waals surface area (Å²) in [5.74, 6) is 2.56. The van der Waals surface area contributed by atoms with Crippen molar-refractivity contribution < 1.29 is 19.0 Å². The lowest BCUT2D eigenvalue weighted by Gasteiger charge is -2.31. The molecule has 5 heteroatoms. The summed E-state index contributed by atoms with van der Waals surface area (Å²) in [7, 11) is 1.66. The average Bonchev–Trinajstić information content (AvgIpc) is 3.26. The summed E-state index contributed by atoms with van der Waals surface area (Å²) < 4.78 is 16.7. The molecule has 0 spiro atoms. The summed E-state index contributed by atoms with van der Waals surface area (Å²) in [5, 5.41) is 3.20. The van der Waals surface area contributed by atoms with E-state index in [2.05, 4.69) is 17.4 Å². The minimum Gasteiger partial charge on any atom is -0.497 e. The summed E-state index contributed by atoms with van der Waals surface area (Å²) in [6.07, 6.45) is 5.73. The number of fused-ring (bicyclic) bond motifs is 1. The number of amides is 1. The fourth-order valence-electron chi connectivity index (χ4n) is 4.43. The maximum Gasteiger partial charge on any atom is 0.220 e. The Morgan fingerprint density at radius 2 is 1.86 bits per heavy atom. The molecule has 0 saturated heterocycles. The Morgan fingerprint density at radius 3 is 2.66 bits per heavy atom. The Balaban J connectivity index is 1.39. The van der Waals surface area contributed by atoms with E-state index >= 15 is 0 Å². The Kier molecular flexibility index (Phi) is 5.93. The van der Waals surface area contributed by atoms with Crippen molar-refractivity contribution in [1.82, 2.24) is 5.32 Å². The third-order valence-corrected chi connectivity index (χ3v) is 6.11. The maximum atomic E-state index is 12.5. The van der Waals surface area contributed by atoms with Crippen LogP contribution in [-0.2, 0) is 16.6 Å². The van der Waals surface area contributed by atoms with E-state index in [0.717, 1.165) is 35.7 Å². The van der Waals surface area contributed by atoms with E-state index in [-0.39, 0.29) is 11.3 Å². The Bertz CT molecular complexity index is 858. The quantitative estimate of drug-likeness (QED) is 0.769. The van der Waals surface area contributed by atoms with Crippen molar-refractivity contribution in [3.63, 3.8) is 0 Å². The van der Waals surface area contributed by atoms with Crippen LogP contribution in [0.4, 0.5) is 0 Å². The normalized spacial score (nSPS) is 17.0. The summed E-state index contributed by atoms with van der Waals surface area (Å²) in [6, 6.07) is 14.2. The van der Waals surface area contributed by atoms with Crippen molar-refractivity contribution in [1.29, 1.82) is 0 Å². The van der Waals surface area contributed by atoms with Gasteiger partial charge in [0.25, 0.3) is 0 Å². The number of carbonyl (C=O) groups is 1. The highest BCUT2D eigenvalue weighted by Gasteiger charge is 2.36. The Labute approximate surface area is 172 Å². The molecule has 4 rings (SSSR count). The Hall–Kier alpha value is -2.69. The molecule has 1 heterocycles. The first-order chi connectivity index (χ1) is 14.2. The third-order valence-electron chi connectivity index (χ3n) is 6.11. The molecule has 2 aromatic rings. The number of aryl methyl sites for hydroxylation is 1. The summed E-state index contributed by atoms with van der Waals surface area (Å²) >= 11 is 0. The fraction of sp³-hybridized carbons (Fsp3) is 0.458. The van der Waals surface area contributed by atoms with E-state index in [0.29, 0.717) is 32.6 Å². The van der Waals surface area contributed by atoms with Gasteiger partial charge in [-0.05, 0) is 54.7 Å². The molecule has 5 nitrogen and oxygen atoms in total. The van der Waals surface area contributed by atoms with Crippen LogP contribution in [0, 0.1) is 0 Å². The first kappa shape index (κ1) is 19.6. The van der Waals surface area contributed by atoms with Crippen molar-refractivity contribution in [2.24, 2.45) is 0 Å². The standard InChI is InChI=1S/C24H29NO4/c1-27-20-6-4-5-18(15-20)7-10-23(26)25-17-24(11-2-3-12-24)19-8-9-21-22(16-19)29-14-13-28-21/h4-6,8-9,15-16H,2-3,7,10-14,17H2,1H3,(H,25,26). The lowest BCUT2D eigenvalue weighted by molar-refractivity contribution is -0.121. The molecule has 1 saturated carbocycles. The zero-order valence-electron chi connectivity index (χ0n) is 17.0. The van der Waals surface area contributed by atoms with Gasteiger partial charge in [-0.2, -0.15) is 0 Å². The predicted molar refractivity (Wildman–Crippen MR) is 112 cm³/mol. The first-order valence-electron chi connectivity index (χ1n) is 10.5. The molecule has 154 valence electrons. The molecule has 0 unspecified atom stereocenters. The highest BCUT2D eigenvalue weighted by atomic mass is 16.6. The van der Waals surface area contributed by atoms with Gasteiger partial charge in [-0.25, -0.2) is 0 Å². The molecular weight excluding hydrogens is 366 g/mol. The van der Waals surface area contributed by atoms with E-state index < -0.39 is 0 Å². The minimum absolute atomic E-state index is 0.0124. The van der Waals surface area contributed by atoms with Crippen LogP contribution >= 0.6 is 0 Å². The van der Waals surface area contributed by atoms with Gasteiger partial charge in [0.05, 0.1) is 7.11 Å². The van der Waals surface area contributed by atoms with Crippen LogP contribution in [0.15, 0.2) is 42.5 Å². The number of carbonyl (C=O) groups excluding carboxylic acids is 1. The highest BCUT2D eigenvalue weighted by Crippen LogP contribution is 2.43. The lowest BCUT2D eigenvalue weighted by atomic mass is 9.78. The first-order valence-corrected chi connectivity index (χ1v) is 10.5. The van der Waals surface area contributed by atoms with Gasteiger partial charge in [0, 0.05) is 18.4 Å². The van der Waals surface area contributed by atoms with Gasteiger partial charge in [0.2, 0.25) is 5.91 Å². The largest absolute Gasteiger partial charge is 0.497 e. The van der Waals surface area contributed by atoms with E-state index in [1.165, 1.54) is 18.4 Å². The zero-order chi connectivity index (χ0) is 20.1. The second kappa shape index (κ2) is 8.76. The van der Waals surface area contributed by atoms with Gasteiger partial charge in [-0.15, -0.1) is 0 Å². The van der Waals surface area contributed by atoms with Crippen molar-refractivity contribution in [2.45, 2.75) is 43.9 Å². The highest BCUT2D eigenvalue weighted by molar-refractivity contribution is 5.76. The molecule has 0 atom stereocenters. The van der Waals surface area contributed by atoms with Crippen LogP contribution in [0.25, 0.3) is 0 Å². The van der Waals surface area contributed by atoms with E-state index in [1.54, 1.807) is 7.11 Å². The van der Waals surface area contributed by atoms with Gasteiger partial charge in [0.15, 0.2) is 11.5 Å². The van der Waals surface area contributed by atoms with Gasteiger partial charge in [-0.1, -0.05) is 31.0 Å². The number of hydrogen-bond donors (Lipinski definition) is 1. The van der Waals surface area contributed by atoms with Crippen LogP contribution in [-0.4, -0.2) is 32.8 Å². The minimum atomic E-state index is -0.0124. The molecule has 0 bridgehead atoms. The van der Waals surface area contributed by atoms with Crippen molar-refractivity contribution in [3.05, 3.63) is 53.6 Å². The smallest absolute Gasteiger partial charge is 0.220 e. The van der Waals surface area contributed by atoms with Gasteiger partial charge >= 0.3 is 0 Å². The van der Waals surface area contributed by atoms with Crippen LogP contribution in [0.2, 0.25) is 0 Å². The lowest BCUT2D eigenvalue weighted by Crippen LogP contribution is -2.39. The molecule has 1 fully saturated rings. The van der Waals surface area contributed by atoms with Crippen molar-refractivity contribution in [2.75, 3.05) is 26.9 Å². The number of nitrogens with one attached hydrogen (secondary N) is 1. The molecule has 2 aromatic carbocycles. The summed E-state index contributed by atoms with van der Waals surface area (Å²) in [5.41, 5.74) is 2.34. The molecule has 29 heavy (non-hydrogen) atoms. The van der Waals surface area contributed by atoms with Crippen LogP contribution in [0.1, 0.15) is 43.2 Å². The van der Waals surface area contributed by atoms with Crippen molar-refractivity contribution >= 4 is 5.91 Å². The van der Waals surface area contributed by atoms with Gasteiger partial charge < -0.3 is 19.5 Å². The third kappa shape index (κ3) is 4.50. The molecular formula is C24H29NO4. The summed E-state index contributed by atoms with van der Waals surface area (Å²) in [6.45, 7) is 1.86. The van der Waals surface area contributed by atoms with Crippen LogP contribution in [0.3, 0.4) is 0 Å². The monoisotopic (exact) mass is 395 g/mol. The zero-order valence-corrected chi connectivity index (χ0v) is 17.0. The van der Waals surface area contributed by atoms with E-state index in [4.69, 9.17) is 14.2 Å². The molecule has 2 aliphatic rings. The van der Waals surface area contributed by atoms with Gasteiger partial charge in [0.1, 0.15) is 19.0 Å². The number of hydrogen-bond acceptors (Lipinski definition) is 4. The van der Waals surface area contributed by atoms with Gasteiger partial charge in [-0.3, -0.25) is 4.79 Å². The Morgan fingerprint density at radius 1 is 1.07 bits per heavy atom. The van der Waals surface area contributed by atoms with Crippen molar-refractivity contribution in [3.8, 4) is 17.2 Å². The number of benzene rings is 2. The summed E-state index contributed by atoms with van der Waals surface area (Å²) in [4.78, 5) is 12.5. The molecule has 1 aliphatic heterocycles. The number of methoxy groups -OCH3 is 1. The molecule has 1 aliphatic carbocycles. The van der Waals surface area contributed by atoms with Crippen LogP contribution in [0.5, 0.6) is 17.2 Å². The van der Waals surface area contributed by atoms with E-state index in [1.807, 2.05) is 30.3 Å². The van der Waals surface area contributed by atoms with E-state index in [9.17, 15) is 4.79 Å². The maximum absolute atomic E-state index is 12.5. The number of rotatable bonds is 7. The predicted octanol–water partition coefficient (Wildman–Crippen LogP) is 4.03. The molecule has 0 aromatic heterocycles. The fourth-order valence-corrected chi connectivity index (χ4v) is 4.43. The topological polar surface area (TPSA) is 56.8 Å². The molecule has 0 radical (unpaired) electrons.